The molecule has 0 saturated carbocycles. The summed E-state index contributed by atoms with van der Waals surface area (Å²) in [5.41, 5.74) is 2.74. The number of rotatable bonds is 3. The number of ketones is 1. The summed E-state index contributed by atoms with van der Waals surface area (Å²) in [7, 11) is 1.87. The topological polar surface area (TPSA) is 39.8 Å². The Hall–Kier alpha value is -1.84. The van der Waals surface area contributed by atoms with Crippen LogP contribution in [-0.2, 0) is 13.6 Å². The molecule has 0 aliphatic heterocycles. The summed E-state index contributed by atoms with van der Waals surface area (Å²) in [4.78, 5) is 16.2. The first-order valence-corrected chi connectivity index (χ1v) is 5.22. The lowest BCUT2D eigenvalue weighted by molar-refractivity contribution is 0.0963. The molecular formula is C12H15N3O. The molecule has 0 fully saturated rings. The predicted molar refractivity (Wildman–Crippen MR) is 61.4 cm³/mol. The maximum Gasteiger partial charge on any atom is 0.198 e. The first-order valence-electron chi connectivity index (χ1n) is 5.22. The minimum atomic E-state index is 0.105. The van der Waals surface area contributed by atoms with Crippen LogP contribution in [0.5, 0.6) is 0 Å². The maximum atomic E-state index is 12.0. The molecular weight excluding hydrogens is 202 g/mol. The Kier molecular flexibility index (Phi) is 2.64. The van der Waals surface area contributed by atoms with E-state index in [9.17, 15) is 4.79 Å². The third-order valence-corrected chi connectivity index (χ3v) is 2.89. The Bertz CT molecular complexity index is 522. The minimum Gasteiger partial charge on any atom is -0.348 e. The highest BCUT2D eigenvalue weighted by atomic mass is 16.1. The maximum absolute atomic E-state index is 12.0. The van der Waals surface area contributed by atoms with Crippen molar-refractivity contribution in [3.05, 3.63) is 41.7 Å². The Morgan fingerprint density at radius 1 is 1.44 bits per heavy atom. The second-order valence-corrected chi connectivity index (χ2v) is 3.97. The molecule has 0 bridgehead atoms. The molecule has 0 aliphatic carbocycles. The largest absolute Gasteiger partial charge is 0.348 e. The molecule has 0 N–H and O–H groups in total. The number of imidazole rings is 1. The summed E-state index contributed by atoms with van der Waals surface area (Å²) in [5, 5.41) is 0. The normalized spacial score (nSPS) is 10.7. The zero-order valence-electron chi connectivity index (χ0n) is 9.77. The molecule has 0 aliphatic rings. The van der Waals surface area contributed by atoms with E-state index in [1.54, 1.807) is 6.33 Å². The molecule has 0 radical (unpaired) electrons. The van der Waals surface area contributed by atoms with E-state index in [0.29, 0.717) is 6.54 Å². The summed E-state index contributed by atoms with van der Waals surface area (Å²) in [5.74, 6) is 0.105. The average Bonchev–Trinajstić information content (AvgIpc) is 2.79. The van der Waals surface area contributed by atoms with Gasteiger partial charge in [-0.05, 0) is 26.0 Å². The van der Waals surface area contributed by atoms with Gasteiger partial charge < -0.3 is 9.13 Å². The Balaban J connectivity index is 2.20. The molecule has 4 heteroatoms. The van der Waals surface area contributed by atoms with E-state index in [-0.39, 0.29) is 5.78 Å². The van der Waals surface area contributed by atoms with Crippen molar-refractivity contribution in [1.29, 1.82) is 0 Å². The monoisotopic (exact) mass is 217 g/mol. The van der Waals surface area contributed by atoms with Gasteiger partial charge in [0, 0.05) is 18.9 Å². The van der Waals surface area contributed by atoms with Gasteiger partial charge in [0.05, 0.1) is 24.3 Å². The van der Waals surface area contributed by atoms with Gasteiger partial charge in [-0.2, -0.15) is 0 Å². The van der Waals surface area contributed by atoms with E-state index in [1.807, 2.05) is 48.4 Å². The molecule has 2 aromatic rings. The van der Waals surface area contributed by atoms with Crippen LogP contribution in [0.15, 0.2) is 24.7 Å². The van der Waals surface area contributed by atoms with Gasteiger partial charge in [-0.25, -0.2) is 4.98 Å². The number of aromatic nitrogens is 3. The van der Waals surface area contributed by atoms with Crippen LogP contribution in [0, 0.1) is 13.8 Å². The van der Waals surface area contributed by atoms with Crippen LogP contribution in [0.3, 0.4) is 0 Å². The fourth-order valence-corrected chi connectivity index (χ4v) is 1.69. The Labute approximate surface area is 94.5 Å². The second kappa shape index (κ2) is 3.96. The predicted octanol–water partition coefficient (Wildman–Crippen LogP) is 1.72. The molecule has 2 rings (SSSR count). The van der Waals surface area contributed by atoms with Crippen molar-refractivity contribution in [2.45, 2.75) is 20.4 Å². The van der Waals surface area contributed by atoms with Crippen molar-refractivity contribution in [1.82, 2.24) is 14.1 Å². The lowest BCUT2D eigenvalue weighted by Gasteiger charge is -2.05. The molecule has 16 heavy (non-hydrogen) atoms. The minimum absolute atomic E-state index is 0.105. The number of Topliss-reactive ketones (excluding diaryl/α,β-unsaturated/α-hetero) is 1. The second-order valence-electron chi connectivity index (χ2n) is 3.97. The fraction of sp³-hybridized carbons (Fsp3) is 0.333. The van der Waals surface area contributed by atoms with Crippen molar-refractivity contribution in [3.8, 4) is 0 Å². The van der Waals surface area contributed by atoms with Crippen molar-refractivity contribution in [2.75, 3.05) is 0 Å². The molecule has 0 atom stereocenters. The Morgan fingerprint density at radius 2 is 2.19 bits per heavy atom. The zero-order chi connectivity index (χ0) is 11.7. The molecule has 0 amide bonds. The van der Waals surface area contributed by atoms with Crippen LogP contribution >= 0.6 is 0 Å². The van der Waals surface area contributed by atoms with Crippen LogP contribution in [-0.4, -0.2) is 19.9 Å². The molecule has 0 aromatic carbocycles. The highest BCUT2D eigenvalue weighted by Crippen LogP contribution is 2.07. The Morgan fingerprint density at radius 3 is 2.69 bits per heavy atom. The average molecular weight is 217 g/mol. The van der Waals surface area contributed by atoms with Gasteiger partial charge in [0.25, 0.3) is 0 Å². The number of carbonyl (C=O) groups is 1. The van der Waals surface area contributed by atoms with Crippen LogP contribution in [0.25, 0.3) is 0 Å². The molecule has 4 nitrogen and oxygen atoms in total. The van der Waals surface area contributed by atoms with Gasteiger partial charge in [0.15, 0.2) is 5.78 Å². The summed E-state index contributed by atoms with van der Waals surface area (Å²) in [6.45, 7) is 4.27. The number of hydrogen-bond donors (Lipinski definition) is 0. The number of hydrogen-bond acceptors (Lipinski definition) is 2. The van der Waals surface area contributed by atoms with Gasteiger partial charge >= 0.3 is 0 Å². The first kappa shape index (κ1) is 10.7. The van der Waals surface area contributed by atoms with Gasteiger partial charge in [-0.15, -0.1) is 0 Å². The first-order chi connectivity index (χ1) is 7.59. The summed E-state index contributed by atoms with van der Waals surface area (Å²) in [6.07, 6.45) is 3.59. The fourth-order valence-electron chi connectivity index (χ4n) is 1.69. The van der Waals surface area contributed by atoms with E-state index in [0.717, 1.165) is 17.1 Å². The molecule has 84 valence electrons. The summed E-state index contributed by atoms with van der Waals surface area (Å²) < 4.78 is 3.71. The molecule has 0 saturated heterocycles. The number of carbonyl (C=O) groups excluding carboxylic acids is 1. The molecule has 2 aromatic heterocycles. The van der Waals surface area contributed by atoms with Crippen LogP contribution in [0.4, 0.5) is 0 Å². The van der Waals surface area contributed by atoms with Gasteiger partial charge in [0.2, 0.25) is 0 Å². The van der Waals surface area contributed by atoms with Crippen molar-refractivity contribution in [2.24, 2.45) is 7.05 Å². The SMILES string of the molecule is Cc1ncn(CC(=O)c2cccn2C)c1C. The van der Waals surface area contributed by atoms with Gasteiger partial charge in [0.1, 0.15) is 0 Å². The van der Waals surface area contributed by atoms with E-state index in [1.165, 1.54) is 0 Å². The van der Waals surface area contributed by atoms with Crippen molar-refractivity contribution in [3.63, 3.8) is 0 Å². The van der Waals surface area contributed by atoms with Crippen LogP contribution in [0.2, 0.25) is 0 Å². The molecule has 2 heterocycles. The van der Waals surface area contributed by atoms with Crippen molar-refractivity contribution >= 4 is 5.78 Å². The quantitative estimate of drug-likeness (QED) is 0.734. The van der Waals surface area contributed by atoms with Crippen LogP contribution < -0.4 is 0 Å². The lowest BCUT2D eigenvalue weighted by Crippen LogP contribution is -2.13. The highest BCUT2D eigenvalue weighted by molar-refractivity contribution is 5.94. The molecule has 0 unspecified atom stereocenters. The van der Waals surface area contributed by atoms with E-state index < -0.39 is 0 Å². The van der Waals surface area contributed by atoms with E-state index in [4.69, 9.17) is 0 Å². The third-order valence-electron chi connectivity index (χ3n) is 2.89. The number of aryl methyl sites for hydroxylation is 2. The summed E-state index contributed by atoms with van der Waals surface area (Å²) >= 11 is 0. The highest BCUT2D eigenvalue weighted by Gasteiger charge is 2.11. The lowest BCUT2D eigenvalue weighted by atomic mass is 10.2. The smallest absolute Gasteiger partial charge is 0.198 e. The molecule has 0 spiro atoms. The number of nitrogens with zero attached hydrogens (tertiary/aromatic N) is 3. The van der Waals surface area contributed by atoms with E-state index in [2.05, 4.69) is 4.98 Å². The standard InChI is InChI=1S/C12H15N3O/c1-9-10(2)15(8-13-9)7-12(16)11-5-4-6-14(11)3/h4-6,8H,7H2,1-3H3. The zero-order valence-corrected chi connectivity index (χ0v) is 9.77. The van der Waals surface area contributed by atoms with Crippen molar-refractivity contribution < 1.29 is 4.79 Å². The van der Waals surface area contributed by atoms with Gasteiger partial charge in [-0.1, -0.05) is 0 Å². The van der Waals surface area contributed by atoms with Crippen LogP contribution in [0.1, 0.15) is 21.9 Å². The summed E-state index contributed by atoms with van der Waals surface area (Å²) in [6, 6.07) is 3.71. The van der Waals surface area contributed by atoms with E-state index >= 15 is 0 Å². The third kappa shape index (κ3) is 1.78. The van der Waals surface area contributed by atoms with Gasteiger partial charge in [-0.3, -0.25) is 4.79 Å².